The van der Waals surface area contributed by atoms with Crippen LogP contribution >= 0.6 is 0 Å². The minimum Gasteiger partial charge on any atom is -0.372 e. The number of carbonyl (C=O) groups excluding carboxylic acids is 2. The highest BCUT2D eigenvalue weighted by Gasteiger charge is 2.20. The molecule has 1 N–H and O–H groups in total. The van der Waals surface area contributed by atoms with E-state index in [0.717, 1.165) is 12.8 Å². The third kappa shape index (κ3) is 9.65. The van der Waals surface area contributed by atoms with Crippen LogP contribution in [0.3, 0.4) is 0 Å². The van der Waals surface area contributed by atoms with E-state index in [4.69, 9.17) is 4.74 Å². The summed E-state index contributed by atoms with van der Waals surface area (Å²) in [6.07, 6.45) is 5.86. The summed E-state index contributed by atoms with van der Waals surface area (Å²) in [6.45, 7) is 8.18. The number of nitrogens with one attached hydrogen (secondary N) is 1. The van der Waals surface area contributed by atoms with E-state index in [-0.39, 0.29) is 24.2 Å². The number of hydrogen-bond donors (Lipinski definition) is 1. The van der Waals surface area contributed by atoms with Crippen molar-refractivity contribution in [3.63, 3.8) is 0 Å². The first-order valence-corrected chi connectivity index (χ1v) is 7.36. The number of ketones is 1. The lowest BCUT2D eigenvalue weighted by molar-refractivity contribution is -0.130. The molecule has 4 nitrogen and oxygen atoms in total. The molecule has 112 valence electrons. The molecule has 1 atom stereocenters. The molecular weight excluding hydrogens is 242 g/mol. The molecule has 0 aromatic carbocycles. The van der Waals surface area contributed by atoms with Crippen LogP contribution in [0, 0.1) is 5.92 Å². The molecule has 0 rings (SSSR count). The van der Waals surface area contributed by atoms with E-state index >= 15 is 0 Å². The second kappa shape index (κ2) is 11.0. The molecule has 0 aliphatic carbocycles. The zero-order valence-electron chi connectivity index (χ0n) is 12.8. The van der Waals surface area contributed by atoms with Crippen molar-refractivity contribution >= 4 is 11.7 Å². The topological polar surface area (TPSA) is 55.4 Å². The van der Waals surface area contributed by atoms with Gasteiger partial charge < -0.3 is 10.1 Å². The van der Waals surface area contributed by atoms with Gasteiger partial charge in [-0.1, -0.05) is 46.5 Å². The van der Waals surface area contributed by atoms with Gasteiger partial charge in [0.2, 0.25) is 5.91 Å². The highest BCUT2D eigenvalue weighted by atomic mass is 16.5. The van der Waals surface area contributed by atoms with Gasteiger partial charge in [0.05, 0.1) is 6.04 Å². The van der Waals surface area contributed by atoms with Gasteiger partial charge in [0, 0.05) is 6.61 Å². The quantitative estimate of drug-likeness (QED) is 0.588. The number of carbonyl (C=O) groups is 2. The largest absolute Gasteiger partial charge is 0.372 e. The van der Waals surface area contributed by atoms with Gasteiger partial charge in [0.25, 0.3) is 0 Å². The minimum absolute atomic E-state index is 0.0112. The molecule has 0 bridgehead atoms. The summed E-state index contributed by atoms with van der Waals surface area (Å²) in [4.78, 5) is 23.0. The molecule has 0 aromatic rings. The van der Waals surface area contributed by atoms with Crippen LogP contribution in [0.25, 0.3) is 0 Å². The second-order valence-corrected chi connectivity index (χ2v) is 5.37. The summed E-state index contributed by atoms with van der Waals surface area (Å²) in [7, 11) is 0. The Labute approximate surface area is 117 Å². The van der Waals surface area contributed by atoms with Crippen molar-refractivity contribution in [2.45, 2.75) is 65.8 Å². The van der Waals surface area contributed by atoms with Gasteiger partial charge in [0.1, 0.15) is 6.61 Å². The van der Waals surface area contributed by atoms with Gasteiger partial charge in [-0.2, -0.15) is 0 Å². The Hall–Kier alpha value is -0.900. The monoisotopic (exact) mass is 271 g/mol. The Morgan fingerprint density at radius 2 is 1.74 bits per heavy atom. The van der Waals surface area contributed by atoms with Gasteiger partial charge in [-0.05, 0) is 19.3 Å². The first-order chi connectivity index (χ1) is 8.99. The number of Topliss-reactive ketones (excluding diaryl/α,β-unsaturated/α-hetero) is 1. The Kier molecular flexibility index (Phi) is 10.5. The molecule has 0 saturated heterocycles. The molecule has 0 aromatic heterocycles. The number of unbranched alkanes of at least 4 members (excludes halogenated alkanes) is 4. The van der Waals surface area contributed by atoms with Crippen molar-refractivity contribution in [1.82, 2.24) is 5.32 Å². The zero-order chi connectivity index (χ0) is 14.7. The minimum atomic E-state index is -0.402. The highest BCUT2D eigenvalue weighted by molar-refractivity contribution is 5.88. The van der Waals surface area contributed by atoms with Crippen LogP contribution in [0.15, 0.2) is 0 Å². The van der Waals surface area contributed by atoms with E-state index in [1.165, 1.54) is 26.2 Å². The summed E-state index contributed by atoms with van der Waals surface area (Å²) < 4.78 is 5.31. The predicted molar refractivity (Wildman–Crippen MR) is 77.0 cm³/mol. The van der Waals surface area contributed by atoms with Crippen molar-refractivity contribution in [3.8, 4) is 0 Å². The molecule has 4 heteroatoms. The van der Waals surface area contributed by atoms with Crippen LogP contribution in [0.5, 0.6) is 0 Å². The number of rotatable bonds is 11. The van der Waals surface area contributed by atoms with E-state index in [1.54, 1.807) is 0 Å². The van der Waals surface area contributed by atoms with Crippen LogP contribution in [-0.2, 0) is 14.3 Å². The highest BCUT2D eigenvalue weighted by Crippen LogP contribution is 2.03. The van der Waals surface area contributed by atoms with Crippen LogP contribution in [0.4, 0.5) is 0 Å². The van der Waals surface area contributed by atoms with Gasteiger partial charge >= 0.3 is 0 Å². The maximum absolute atomic E-state index is 11.6. The molecule has 0 fully saturated rings. The molecule has 0 radical (unpaired) electrons. The molecule has 0 spiro atoms. The normalized spacial score (nSPS) is 12.5. The maximum atomic E-state index is 11.6. The second-order valence-electron chi connectivity index (χ2n) is 5.37. The average Bonchev–Trinajstić information content (AvgIpc) is 2.34. The Morgan fingerprint density at radius 3 is 2.26 bits per heavy atom. The molecule has 1 amide bonds. The molecule has 19 heavy (non-hydrogen) atoms. The molecule has 0 aliphatic heterocycles. The number of amides is 1. The number of ether oxygens (including phenoxy) is 1. The van der Waals surface area contributed by atoms with E-state index in [1.807, 2.05) is 13.8 Å². The fourth-order valence-electron chi connectivity index (χ4n) is 1.93. The van der Waals surface area contributed by atoms with E-state index in [0.29, 0.717) is 6.61 Å². The van der Waals surface area contributed by atoms with Gasteiger partial charge in [-0.3, -0.25) is 9.59 Å². The Bertz CT molecular complexity index is 264. The average molecular weight is 271 g/mol. The molecule has 0 aliphatic rings. The summed E-state index contributed by atoms with van der Waals surface area (Å²) in [6, 6.07) is -0.402. The summed E-state index contributed by atoms with van der Waals surface area (Å²) in [5, 5.41) is 2.71. The van der Waals surface area contributed by atoms with Crippen molar-refractivity contribution in [3.05, 3.63) is 0 Å². The standard InChI is InChI=1S/C15H29NO3/c1-5-6-7-8-9-10-19-11-14(18)16-15(12(2)3)13(4)17/h12,15H,5-11H2,1-4H3,(H,16,18). The van der Waals surface area contributed by atoms with Crippen molar-refractivity contribution in [2.75, 3.05) is 13.2 Å². The van der Waals surface area contributed by atoms with Gasteiger partial charge in [-0.15, -0.1) is 0 Å². The van der Waals surface area contributed by atoms with E-state index in [2.05, 4.69) is 12.2 Å². The smallest absolute Gasteiger partial charge is 0.246 e. The Balaban J connectivity index is 3.66. The lowest BCUT2D eigenvalue weighted by atomic mass is 10.0. The van der Waals surface area contributed by atoms with Crippen molar-refractivity contribution < 1.29 is 14.3 Å². The van der Waals surface area contributed by atoms with Gasteiger partial charge in [-0.25, -0.2) is 0 Å². The first-order valence-electron chi connectivity index (χ1n) is 7.36. The lowest BCUT2D eigenvalue weighted by Crippen LogP contribution is -2.44. The SMILES string of the molecule is CCCCCCCOCC(=O)NC(C(C)=O)C(C)C. The van der Waals surface area contributed by atoms with Crippen LogP contribution in [-0.4, -0.2) is 30.9 Å². The molecular formula is C15H29NO3. The maximum Gasteiger partial charge on any atom is 0.246 e. The van der Waals surface area contributed by atoms with E-state index < -0.39 is 6.04 Å². The molecule has 0 heterocycles. The third-order valence-corrected chi connectivity index (χ3v) is 3.05. The summed E-state index contributed by atoms with van der Waals surface area (Å²) in [5.74, 6) is -0.110. The molecule has 0 saturated carbocycles. The summed E-state index contributed by atoms with van der Waals surface area (Å²) >= 11 is 0. The van der Waals surface area contributed by atoms with Crippen molar-refractivity contribution in [1.29, 1.82) is 0 Å². The van der Waals surface area contributed by atoms with Crippen LogP contribution in [0.2, 0.25) is 0 Å². The fraction of sp³-hybridized carbons (Fsp3) is 0.867. The van der Waals surface area contributed by atoms with Gasteiger partial charge in [0.15, 0.2) is 5.78 Å². The van der Waals surface area contributed by atoms with E-state index in [9.17, 15) is 9.59 Å². The van der Waals surface area contributed by atoms with Crippen LogP contribution in [0.1, 0.15) is 59.8 Å². The Morgan fingerprint density at radius 1 is 1.11 bits per heavy atom. The molecule has 1 unspecified atom stereocenters. The van der Waals surface area contributed by atoms with Crippen molar-refractivity contribution in [2.24, 2.45) is 5.92 Å². The third-order valence-electron chi connectivity index (χ3n) is 3.05. The first kappa shape index (κ1) is 18.1. The summed E-state index contributed by atoms with van der Waals surface area (Å²) in [5.41, 5.74) is 0. The zero-order valence-corrected chi connectivity index (χ0v) is 12.8. The lowest BCUT2D eigenvalue weighted by Gasteiger charge is -2.19. The predicted octanol–water partition coefficient (Wildman–Crippen LogP) is 2.70. The number of hydrogen-bond acceptors (Lipinski definition) is 3. The fourth-order valence-corrected chi connectivity index (χ4v) is 1.93. The van der Waals surface area contributed by atoms with Crippen LogP contribution < -0.4 is 5.32 Å².